The Labute approximate surface area is 193 Å². The van der Waals surface area contributed by atoms with Crippen molar-refractivity contribution in [1.82, 2.24) is 4.98 Å². The molecule has 0 saturated carbocycles. The zero-order valence-electron chi connectivity index (χ0n) is 18.0. The topological polar surface area (TPSA) is 70.8 Å². The zero-order valence-corrected chi connectivity index (χ0v) is 18.8. The lowest BCUT2D eigenvalue weighted by Crippen LogP contribution is -2.16. The number of hydrogen-bond acceptors (Lipinski definition) is 7. The molecular formula is C23H22F3NO5S. The number of benzene rings is 2. The van der Waals surface area contributed by atoms with Crippen molar-refractivity contribution in [2.75, 3.05) is 19.5 Å². The number of carbonyl (C=O) groups excluding carboxylic acids is 1. The second kappa shape index (κ2) is 11.1. The molecule has 0 N–H and O–H groups in total. The third-order valence-corrected chi connectivity index (χ3v) is 5.43. The smallest absolute Gasteiger partial charge is 0.493 e. The van der Waals surface area contributed by atoms with E-state index in [0.717, 1.165) is 5.56 Å². The maximum Gasteiger partial charge on any atom is 0.573 e. The number of oxazole rings is 1. The molecule has 0 fully saturated rings. The molecule has 0 amide bonds. The van der Waals surface area contributed by atoms with Crippen molar-refractivity contribution in [3.63, 3.8) is 0 Å². The predicted octanol–water partition coefficient (Wildman–Crippen LogP) is 5.58. The van der Waals surface area contributed by atoms with E-state index in [0.29, 0.717) is 47.4 Å². The van der Waals surface area contributed by atoms with Crippen LogP contribution >= 0.6 is 11.8 Å². The molecule has 0 aliphatic carbocycles. The van der Waals surface area contributed by atoms with E-state index in [1.54, 1.807) is 6.92 Å². The van der Waals surface area contributed by atoms with Crippen LogP contribution in [0.1, 0.15) is 17.0 Å². The molecule has 0 spiro atoms. The molecule has 3 rings (SSSR count). The molecule has 0 unspecified atom stereocenters. The van der Waals surface area contributed by atoms with Crippen LogP contribution in [-0.4, -0.2) is 36.8 Å². The van der Waals surface area contributed by atoms with E-state index in [4.69, 9.17) is 9.15 Å². The Morgan fingerprint density at radius 3 is 2.58 bits per heavy atom. The molecule has 0 bridgehead atoms. The Hall–Kier alpha value is -3.14. The highest BCUT2D eigenvalue weighted by Crippen LogP contribution is 2.27. The number of esters is 1. The van der Waals surface area contributed by atoms with E-state index in [2.05, 4.69) is 14.5 Å². The summed E-state index contributed by atoms with van der Waals surface area (Å²) in [5.41, 5.74) is 2.27. The van der Waals surface area contributed by atoms with Crippen LogP contribution in [0.4, 0.5) is 13.2 Å². The summed E-state index contributed by atoms with van der Waals surface area (Å²) < 4.78 is 56.9. The third-order valence-electron chi connectivity index (χ3n) is 4.45. The lowest BCUT2D eigenvalue weighted by molar-refractivity contribution is -0.274. The second-order valence-electron chi connectivity index (χ2n) is 6.91. The maximum absolute atomic E-state index is 12.3. The molecule has 176 valence electrons. The van der Waals surface area contributed by atoms with Crippen molar-refractivity contribution in [2.24, 2.45) is 0 Å². The summed E-state index contributed by atoms with van der Waals surface area (Å²) in [5.74, 6) is 1.99. The molecule has 10 heteroatoms. The molecule has 6 nitrogen and oxygen atoms in total. The van der Waals surface area contributed by atoms with Crippen LogP contribution in [0.3, 0.4) is 0 Å². The highest BCUT2D eigenvalue weighted by Gasteiger charge is 2.31. The van der Waals surface area contributed by atoms with Crippen LogP contribution in [0.2, 0.25) is 0 Å². The van der Waals surface area contributed by atoms with E-state index in [1.165, 1.54) is 43.1 Å². The van der Waals surface area contributed by atoms with Gasteiger partial charge in [0.1, 0.15) is 17.3 Å². The fraction of sp³-hybridized carbons (Fsp3) is 0.304. The summed E-state index contributed by atoms with van der Waals surface area (Å²) in [5, 5.41) is 0. The normalized spacial score (nSPS) is 11.3. The number of rotatable bonds is 10. The molecule has 33 heavy (non-hydrogen) atoms. The number of aromatic nitrogens is 1. The maximum atomic E-state index is 12.3. The summed E-state index contributed by atoms with van der Waals surface area (Å²) in [7, 11) is 1.36. The van der Waals surface area contributed by atoms with Gasteiger partial charge in [0, 0.05) is 17.7 Å². The first kappa shape index (κ1) is 24.5. The summed E-state index contributed by atoms with van der Waals surface area (Å²) in [6.07, 6.45) is -4.25. The minimum absolute atomic E-state index is 0.264. The van der Waals surface area contributed by atoms with Crippen LogP contribution in [0.25, 0.3) is 11.5 Å². The van der Waals surface area contributed by atoms with E-state index in [1.807, 2.05) is 24.3 Å². The Kier molecular flexibility index (Phi) is 8.26. The molecule has 0 saturated heterocycles. The lowest BCUT2D eigenvalue weighted by Gasteiger charge is -2.08. The average Bonchev–Trinajstić information content (AvgIpc) is 3.14. The molecule has 0 aliphatic heterocycles. The minimum Gasteiger partial charge on any atom is -0.493 e. The van der Waals surface area contributed by atoms with Crippen molar-refractivity contribution in [1.29, 1.82) is 0 Å². The van der Waals surface area contributed by atoms with Crippen molar-refractivity contribution in [2.45, 2.75) is 25.5 Å². The molecule has 0 radical (unpaired) electrons. The molecule has 3 aromatic rings. The van der Waals surface area contributed by atoms with Crippen LogP contribution in [-0.2, 0) is 21.7 Å². The van der Waals surface area contributed by atoms with Gasteiger partial charge in [-0.3, -0.25) is 4.79 Å². The van der Waals surface area contributed by atoms with Gasteiger partial charge in [-0.05, 0) is 48.9 Å². The van der Waals surface area contributed by atoms with Gasteiger partial charge < -0.3 is 18.6 Å². The Bertz CT molecular complexity index is 1070. The second-order valence-corrected chi connectivity index (χ2v) is 7.89. The van der Waals surface area contributed by atoms with Crippen LogP contribution in [0.15, 0.2) is 52.9 Å². The van der Waals surface area contributed by atoms with E-state index in [-0.39, 0.29) is 17.5 Å². The molecule has 1 aromatic heterocycles. The fourth-order valence-electron chi connectivity index (χ4n) is 2.88. The quantitative estimate of drug-likeness (QED) is 0.350. The Morgan fingerprint density at radius 2 is 1.88 bits per heavy atom. The van der Waals surface area contributed by atoms with Gasteiger partial charge in [0.2, 0.25) is 5.89 Å². The average molecular weight is 481 g/mol. The number of carbonyl (C=O) groups is 1. The van der Waals surface area contributed by atoms with Crippen LogP contribution < -0.4 is 9.47 Å². The molecular weight excluding hydrogens is 459 g/mol. The lowest BCUT2D eigenvalue weighted by atomic mass is 10.2. The SMILES string of the molecule is COC(=O)CSCc1cccc(OCCc2nc(-c3ccc(OC(F)(F)F)cc3)oc2C)c1. The van der Waals surface area contributed by atoms with Crippen molar-refractivity contribution in [3.8, 4) is 23.0 Å². The standard InChI is InChI=1S/C23H22F3NO5S/c1-15-20(27-22(31-15)17-6-8-18(9-7-17)32-23(24,25)26)10-11-30-19-5-3-4-16(12-19)13-33-14-21(28)29-2/h3-9,12H,10-11,13-14H2,1-2H3. The number of aryl methyl sites for hydroxylation is 1. The van der Waals surface area contributed by atoms with Crippen molar-refractivity contribution < 1.29 is 36.6 Å². The van der Waals surface area contributed by atoms with Gasteiger partial charge in [-0.1, -0.05) is 12.1 Å². The van der Waals surface area contributed by atoms with Crippen molar-refractivity contribution in [3.05, 3.63) is 65.5 Å². The van der Waals surface area contributed by atoms with Gasteiger partial charge in [0.25, 0.3) is 0 Å². The van der Waals surface area contributed by atoms with Gasteiger partial charge in [-0.25, -0.2) is 4.98 Å². The summed E-state index contributed by atoms with van der Waals surface area (Å²) in [4.78, 5) is 15.6. The van der Waals surface area contributed by atoms with E-state index < -0.39 is 6.36 Å². The number of halogens is 3. The largest absolute Gasteiger partial charge is 0.573 e. The highest BCUT2D eigenvalue weighted by atomic mass is 32.2. The van der Waals surface area contributed by atoms with Gasteiger partial charge in [0.15, 0.2) is 0 Å². The van der Waals surface area contributed by atoms with Crippen LogP contribution in [0.5, 0.6) is 11.5 Å². The predicted molar refractivity (Wildman–Crippen MR) is 117 cm³/mol. The number of ether oxygens (including phenoxy) is 3. The third kappa shape index (κ3) is 7.74. The molecule has 2 aromatic carbocycles. The first-order valence-corrected chi connectivity index (χ1v) is 11.1. The first-order valence-electron chi connectivity index (χ1n) is 9.92. The molecule has 0 aliphatic rings. The van der Waals surface area contributed by atoms with Gasteiger partial charge in [-0.2, -0.15) is 0 Å². The number of nitrogens with zero attached hydrogens (tertiary/aromatic N) is 1. The van der Waals surface area contributed by atoms with Gasteiger partial charge in [-0.15, -0.1) is 24.9 Å². The van der Waals surface area contributed by atoms with Gasteiger partial charge >= 0.3 is 12.3 Å². The molecule has 1 heterocycles. The minimum atomic E-state index is -4.74. The van der Waals surface area contributed by atoms with Gasteiger partial charge in [0.05, 0.1) is 25.2 Å². The zero-order chi connectivity index (χ0) is 23.8. The van der Waals surface area contributed by atoms with E-state index in [9.17, 15) is 18.0 Å². The molecule has 0 atom stereocenters. The number of thioether (sulfide) groups is 1. The highest BCUT2D eigenvalue weighted by molar-refractivity contribution is 7.99. The van der Waals surface area contributed by atoms with Crippen molar-refractivity contribution >= 4 is 17.7 Å². The van der Waals surface area contributed by atoms with E-state index >= 15 is 0 Å². The first-order chi connectivity index (χ1) is 15.7. The summed E-state index contributed by atoms with van der Waals surface area (Å²) in [6, 6.07) is 12.9. The number of methoxy groups -OCH3 is 1. The number of hydrogen-bond donors (Lipinski definition) is 0. The fourth-order valence-corrected chi connectivity index (χ4v) is 3.69. The Morgan fingerprint density at radius 1 is 1.12 bits per heavy atom. The number of alkyl halides is 3. The monoisotopic (exact) mass is 481 g/mol. The Balaban J connectivity index is 1.53. The summed E-state index contributed by atoms with van der Waals surface area (Å²) in [6.45, 7) is 2.13. The summed E-state index contributed by atoms with van der Waals surface area (Å²) >= 11 is 1.46. The van der Waals surface area contributed by atoms with Crippen LogP contribution in [0, 0.1) is 6.92 Å².